The zero-order chi connectivity index (χ0) is 18.8. The number of pyridine rings is 1. The molecule has 1 aromatic rings. The maximum atomic E-state index is 12.8. The number of nitrogens with zero attached hydrogens (tertiary/aromatic N) is 3. The summed E-state index contributed by atoms with van der Waals surface area (Å²) in [6.45, 7) is 8.52. The van der Waals surface area contributed by atoms with Crippen molar-refractivity contribution in [2.45, 2.75) is 52.1 Å². The van der Waals surface area contributed by atoms with Crippen molar-refractivity contribution >= 4 is 12.0 Å². The smallest absolute Gasteiger partial charge is 0.410 e. The van der Waals surface area contributed by atoms with Crippen LogP contribution in [0.15, 0.2) is 24.5 Å². The molecule has 26 heavy (non-hydrogen) atoms. The fourth-order valence-electron chi connectivity index (χ4n) is 4.08. The van der Waals surface area contributed by atoms with Crippen LogP contribution in [0, 0.1) is 5.41 Å². The van der Waals surface area contributed by atoms with Crippen molar-refractivity contribution in [1.82, 2.24) is 14.8 Å². The number of aromatic nitrogens is 1. The van der Waals surface area contributed by atoms with Gasteiger partial charge in [-0.3, -0.25) is 9.78 Å². The summed E-state index contributed by atoms with van der Waals surface area (Å²) in [5.41, 5.74) is 0.117. The van der Waals surface area contributed by atoms with E-state index in [0.717, 1.165) is 38.8 Å². The maximum Gasteiger partial charge on any atom is 0.410 e. The summed E-state index contributed by atoms with van der Waals surface area (Å²) in [5.74, 6) is 0.0339. The van der Waals surface area contributed by atoms with Gasteiger partial charge in [-0.1, -0.05) is 0 Å². The molecule has 1 atom stereocenters. The Morgan fingerprint density at radius 3 is 2.38 bits per heavy atom. The summed E-state index contributed by atoms with van der Waals surface area (Å²) >= 11 is 0. The standard InChI is InChI=1S/C20H29N3O3/c1-19(2,3)26-18(25)23-12-6-9-20(15-23)8-5-11-22(14-20)17(24)16-7-4-10-21-13-16/h4,7,10,13H,5-6,8-9,11-12,14-15H2,1-3H3/t20-/m0/s1. The van der Waals surface area contributed by atoms with Crippen LogP contribution in [-0.2, 0) is 4.74 Å². The second-order valence-electron chi connectivity index (χ2n) is 8.58. The Labute approximate surface area is 155 Å². The topological polar surface area (TPSA) is 62.7 Å². The number of carbonyl (C=O) groups excluding carboxylic acids is 2. The molecule has 1 spiro atoms. The predicted molar refractivity (Wildman–Crippen MR) is 98.8 cm³/mol. The fourth-order valence-corrected chi connectivity index (χ4v) is 4.08. The van der Waals surface area contributed by atoms with Crippen LogP contribution in [0.25, 0.3) is 0 Å². The van der Waals surface area contributed by atoms with Crippen molar-refractivity contribution in [1.29, 1.82) is 0 Å². The van der Waals surface area contributed by atoms with Crippen LogP contribution in [0.3, 0.4) is 0 Å². The van der Waals surface area contributed by atoms with Gasteiger partial charge in [0.25, 0.3) is 5.91 Å². The number of ether oxygens (including phenoxy) is 1. The zero-order valence-corrected chi connectivity index (χ0v) is 16.0. The molecule has 3 rings (SSSR count). The molecule has 0 radical (unpaired) electrons. The number of hydrogen-bond acceptors (Lipinski definition) is 4. The van der Waals surface area contributed by atoms with Gasteiger partial charge in [0.05, 0.1) is 5.56 Å². The van der Waals surface area contributed by atoms with Gasteiger partial charge in [0.2, 0.25) is 0 Å². The van der Waals surface area contributed by atoms with Crippen molar-refractivity contribution in [3.63, 3.8) is 0 Å². The first-order chi connectivity index (χ1) is 12.3. The highest BCUT2D eigenvalue weighted by Gasteiger charge is 2.42. The van der Waals surface area contributed by atoms with Crippen LogP contribution in [-0.4, -0.2) is 58.6 Å². The second-order valence-corrected chi connectivity index (χ2v) is 8.58. The van der Waals surface area contributed by atoms with E-state index in [0.29, 0.717) is 18.7 Å². The van der Waals surface area contributed by atoms with Gasteiger partial charge in [-0.05, 0) is 58.6 Å². The highest BCUT2D eigenvalue weighted by molar-refractivity contribution is 5.94. The number of rotatable bonds is 1. The van der Waals surface area contributed by atoms with E-state index in [9.17, 15) is 9.59 Å². The highest BCUT2D eigenvalue weighted by Crippen LogP contribution is 2.39. The van der Waals surface area contributed by atoms with Gasteiger partial charge in [-0.2, -0.15) is 0 Å². The third kappa shape index (κ3) is 4.34. The molecule has 2 saturated heterocycles. The molecule has 0 aromatic carbocycles. The molecule has 3 heterocycles. The molecule has 0 N–H and O–H groups in total. The van der Waals surface area contributed by atoms with E-state index >= 15 is 0 Å². The third-order valence-corrected chi connectivity index (χ3v) is 5.17. The number of piperidine rings is 2. The first kappa shape index (κ1) is 18.7. The van der Waals surface area contributed by atoms with E-state index in [4.69, 9.17) is 4.74 Å². The van der Waals surface area contributed by atoms with Crippen LogP contribution < -0.4 is 0 Å². The second kappa shape index (κ2) is 7.25. The third-order valence-electron chi connectivity index (χ3n) is 5.17. The molecule has 2 amide bonds. The molecular weight excluding hydrogens is 330 g/mol. The van der Waals surface area contributed by atoms with E-state index in [-0.39, 0.29) is 17.4 Å². The lowest BCUT2D eigenvalue weighted by Crippen LogP contribution is -2.55. The zero-order valence-electron chi connectivity index (χ0n) is 16.0. The minimum atomic E-state index is -0.490. The van der Waals surface area contributed by atoms with E-state index < -0.39 is 5.60 Å². The average molecular weight is 359 g/mol. The SMILES string of the molecule is CC(C)(C)OC(=O)N1CCC[C@]2(CCCN(C(=O)c3cccnc3)C2)C1. The number of carbonyl (C=O) groups is 2. The normalized spacial score (nSPS) is 23.8. The van der Waals surface area contributed by atoms with Crippen molar-refractivity contribution in [2.75, 3.05) is 26.2 Å². The largest absolute Gasteiger partial charge is 0.444 e. The van der Waals surface area contributed by atoms with E-state index in [2.05, 4.69) is 4.98 Å². The molecule has 142 valence electrons. The minimum Gasteiger partial charge on any atom is -0.444 e. The van der Waals surface area contributed by atoms with Crippen LogP contribution in [0.1, 0.15) is 56.8 Å². The Morgan fingerprint density at radius 1 is 1.12 bits per heavy atom. The molecule has 1 aromatic heterocycles. The van der Waals surface area contributed by atoms with E-state index in [1.807, 2.05) is 36.6 Å². The van der Waals surface area contributed by atoms with Gasteiger partial charge in [0.1, 0.15) is 5.60 Å². The predicted octanol–water partition coefficient (Wildman–Crippen LogP) is 3.33. The molecule has 0 unspecified atom stereocenters. The van der Waals surface area contributed by atoms with Crippen molar-refractivity contribution in [3.05, 3.63) is 30.1 Å². The van der Waals surface area contributed by atoms with Gasteiger partial charge >= 0.3 is 6.09 Å². The number of amides is 2. The Kier molecular flexibility index (Phi) is 5.21. The maximum absolute atomic E-state index is 12.8. The molecule has 0 aliphatic carbocycles. The van der Waals surface area contributed by atoms with Crippen molar-refractivity contribution < 1.29 is 14.3 Å². The van der Waals surface area contributed by atoms with Gasteiger partial charge in [-0.15, -0.1) is 0 Å². The van der Waals surface area contributed by atoms with Gasteiger partial charge in [0.15, 0.2) is 0 Å². The summed E-state index contributed by atoms with van der Waals surface area (Å²) in [7, 11) is 0. The summed E-state index contributed by atoms with van der Waals surface area (Å²) in [6.07, 6.45) is 7.06. The molecule has 6 heteroatoms. The molecule has 0 saturated carbocycles. The molecule has 2 aliphatic rings. The first-order valence-electron chi connectivity index (χ1n) is 9.45. The van der Waals surface area contributed by atoms with Crippen LogP contribution in [0.2, 0.25) is 0 Å². The first-order valence-corrected chi connectivity index (χ1v) is 9.45. The lowest BCUT2D eigenvalue weighted by atomic mass is 9.73. The Balaban J connectivity index is 1.69. The molecular formula is C20H29N3O3. The van der Waals surface area contributed by atoms with Crippen molar-refractivity contribution in [2.24, 2.45) is 5.41 Å². The number of likely N-dealkylation sites (tertiary alicyclic amines) is 2. The molecule has 2 fully saturated rings. The fraction of sp³-hybridized carbons (Fsp3) is 0.650. The summed E-state index contributed by atoms with van der Waals surface area (Å²) in [6, 6.07) is 3.60. The summed E-state index contributed by atoms with van der Waals surface area (Å²) in [4.78, 5) is 33.1. The van der Waals surface area contributed by atoms with E-state index in [1.54, 1.807) is 18.5 Å². The lowest BCUT2D eigenvalue weighted by Gasteiger charge is -2.48. The van der Waals surface area contributed by atoms with E-state index in [1.165, 1.54) is 0 Å². The molecule has 0 bridgehead atoms. The molecule has 2 aliphatic heterocycles. The van der Waals surface area contributed by atoms with Gasteiger partial charge in [-0.25, -0.2) is 4.79 Å². The number of hydrogen-bond donors (Lipinski definition) is 0. The molecule has 6 nitrogen and oxygen atoms in total. The van der Waals surface area contributed by atoms with Gasteiger partial charge < -0.3 is 14.5 Å². The van der Waals surface area contributed by atoms with Crippen LogP contribution >= 0.6 is 0 Å². The summed E-state index contributed by atoms with van der Waals surface area (Å²) < 4.78 is 5.55. The average Bonchev–Trinajstić information content (AvgIpc) is 2.60. The monoisotopic (exact) mass is 359 g/mol. The Bertz CT molecular complexity index is 652. The van der Waals surface area contributed by atoms with Crippen LogP contribution in [0.4, 0.5) is 4.79 Å². The quantitative estimate of drug-likeness (QED) is 0.771. The highest BCUT2D eigenvalue weighted by atomic mass is 16.6. The minimum absolute atomic E-state index is 0.0225. The Morgan fingerprint density at radius 2 is 1.77 bits per heavy atom. The van der Waals surface area contributed by atoms with Crippen LogP contribution in [0.5, 0.6) is 0 Å². The summed E-state index contributed by atoms with van der Waals surface area (Å²) in [5, 5.41) is 0. The lowest BCUT2D eigenvalue weighted by molar-refractivity contribution is -0.0129. The Hall–Kier alpha value is -2.11. The van der Waals surface area contributed by atoms with Crippen molar-refractivity contribution in [3.8, 4) is 0 Å². The van der Waals surface area contributed by atoms with Gasteiger partial charge in [0, 0.05) is 44.0 Å².